The summed E-state index contributed by atoms with van der Waals surface area (Å²) < 4.78 is 6.03. The molecule has 0 bridgehead atoms. The standard InChI is InChI=1S/C16H22ClNO3/c1-9(2)12-5-4-10(3)6-14(12)21-15-13(17)7-11(8-18-15)16(19)20/h7-10,12,14H,4-6H2,1-3H3,(H,19,20). The third-order valence-electron chi connectivity index (χ3n) is 4.28. The van der Waals surface area contributed by atoms with E-state index in [1.165, 1.54) is 18.7 Å². The predicted octanol–water partition coefficient (Wildman–Crippen LogP) is 4.27. The second-order valence-electron chi connectivity index (χ2n) is 6.30. The van der Waals surface area contributed by atoms with Crippen molar-refractivity contribution in [2.24, 2.45) is 17.8 Å². The Morgan fingerprint density at radius 1 is 1.48 bits per heavy atom. The second-order valence-corrected chi connectivity index (χ2v) is 6.71. The lowest BCUT2D eigenvalue weighted by atomic mass is 9.75. The second kappa shape index (κ2) is 6.65. The molecular weight excluding hydrogens is 290 g/mol. The molecule has 0 saturated heterocycles. The molecule has 1 aliphatic rings. The fraction of sp³-hybridized carbons (Fsp3) is 0.625. The van der Waals surface area contributed by atoms with E-state index in [9.17, 15) is 4.79 Å². The number of hydrogen-bond acceptors (Lipinski definition) is 3. The van der Waals surface area contributed by atoms with E-state index in [1.807, 2.05) is 0 Å². The molecule has 0 spiro atoms. The Hall–Kier alpha value is -1.29. The van der Waals surface area contributed by atoms with Gasteiger partial charge in [0.05, 0.1) is 5.56 Å². The van der Waals surface area contributed by atoms with Crippen molar-refractivity contribution in [1.82, 2.24) is 4.98 Å². The van der Waals surface area contributed by atoms with Crippen LogP contribution in [0.5, 0.6) is 5.88 Å². The van der Waals surface area contributed by atoms with E-state index >= 15 is 0 Å². The fourth-order valence-corrected chi connectivity index (χ4v) is 3.23. The molecule has 21 heavy (non-hydrogen) atoms. The van der Waals surface area contributed by atoms with Gasteiger partial charge in [0.15, 0.2) is 0 Å². The molecule has 1 aromatic rings. The highest BCUT2D eigenvalue weighted by Crippen LogP contribution is 2.37. The highest BCUT2D eigenvalue weighted by molar-refractivity contribution is 6.32. The largest absolute Gasteiger partial charge is 0.478 e. The molecular formula is C16H22ClNO3. The molecule has 5 heteroatoms. The molecule has 3 unspecified atom stereocenters. The summed E-state index contributed by atoms with van der Waals surface area (Å²) >= 11 is 6.11. The Labute approximate surface area is 130 Å². The average molecular weight is 312 g/mol. The summed E-state index contributed by atoms with van der Waals surface area (Å²) in [4.78, 5) is 15.0. The van der Waals surface area contributed by atoms with E-state index in [0.29, 0.717) is 23.6 Å². The minimum absolute atomic E-state index is 0.0739. The van der Waals surface area contributed by atoms with Gasteiger partial charge in [-0.3, -0.25) is 0 Å². The van der Waals surface area contributed by atoms with Crippen molar-refractivity contribution in [3.05, 3.63) is 22.8 Å². The van der Waals surface area contributed by atoms with Crippen molar-refractivity contribution >= 4 is 17.6 Å². The van der Waals surface area contributed by atoms with Crippen LogP contribution in [0.3, 0.4) is 0 Å². The van der Waals surface area contributed by atoms with Crippen molar-refractivity contribution in [2.45, 2.75) is 46.1 Å². The van der Waals surface area contributed by atoms with Crippen LogP contribution in [0.1, 0.15) is 50.4 Å². The van der Waals surface area contributed by atoms with Gasteiger partial charge in [0.25, 0.3) is 0 Å². The first-order valence-electron chi connectivity index (χ1n) is 7.44. The number of aromatic nitrogens is 1. The van der Waals surface area contributed by atoms with Gasteiger partial charge in [0.1, 0.15) is 11.1 Å². The fourth-order valence-electron chi connectivity index (χ4n) is 3.02. The molecule has 4 nitrogen and oxygen atoms in total. The third kappa shape index (κ3) is 3.88. The molecule has 2 rings (SSSR count). The Kier molecular flexibility index (Phi) is 5.09. The lowest BCUT2D eigenvalue weighted by Gasteiger charge is -2.37. The highest BCUT2D eigenvalue weighted by Gasteiger charge is 2.33. The number of pyridine rings is 1. The third-order valence-corrected chi connectivity index (χ3v) is 4.55. The number of carboxylic acid groups (broad SMARTS) is 1. The van der Waals surface area contributed by atoms with E-state index in [2.05, 4.69) is 25.8 Å². The Bertz CT molecular complexity index is 518. The monoisotopic (exact) mass is 311 g/mol. The molecule has 0 radical (unpaired) electrons. The zero-order chi connectivity index (χ0) is 15.6. The molecule has 1 heterocycles. The van der Waals surface area contributed by atoms with Gasteiger partial charge in [-0.1, -0.05) is 38.8 Å². The van der Waals surface area contributed by atoms with Gasteiger partial charge in [-0.2, -0.15) is 0 Å². The van der Waals surface area contributed by atoms with Crippen LogP contribution < -0.4 is 4.74 Å². The maximum Gasteiger partial charge on any atom is 0.337 e. The minimum atomic E-state index is -1.04. The maximum absolute atomic E-state index is 10.9. The van der Waals surface area contributed by atoms with Gasteiger partial charge >= 0.3 is 5.97 Å². The summed E-state index contributed by atoms with van der Waals surface area (Å²) in [5.41, 5.74) is 0.0739. The summed E-state index contributed by atoms with van der Waals surface area (Å²) in [5, 5.41) is 9.19. The number of carboxylic acids is 1. The van der Waals surface area contributed by atoms with Crippen molar-refractivity contribution in [3.8, 4) is 5.88 Å². The normalized spacial score (nSPS) is 25.9. The molecule has 1 aromatic heterocycles. The van der Waals surface area contributed by atoms with Crippen LogP contribution in [0.25, 0.3) is 0 Å². The van der Waals surface area contributed by atoms with Crippen molar-refractivity contribution in [2.75, 3.05) is 0 Å². The zero-order valence-electron chi connectivity index (χ0n) is 12.7. The van der Waals surface area contributed by atoms with Crippen LogP contribution in [-0.4, -0.2) is 22.2 Å². The van der Waals surface area contributed by atoms with E-state index in [-0.39, 0.29) is 16.7 Å². The van der Waals surface area contributed by atoms with Crippen LogP contribution in [0.4, 0.5) is 0 Å². The summed E-state index contributed by atoms with van der Waals surface area (Å²) in [7, 11) is 0. The Morgan fingerprint density at radius 2 is 2.19 bits per heavy atom. The molecule has 1 N–H and O–H groups in total. The molecule has 1 aliphatic carbocycles. The topological polar surface area (TPSA) is 59.4 Å². The molecule has 116 valence electrons. The van der Waals surface area contributed by atoms with Gasteiger partial charge in [0, 0.05) is 6.20 Å². The zero-order valence-corrected chi connectivity index (χ0v) is 13.4. The minimum Gasteiger partial charge on any atom is -0.478 e. The number of rotatable bonds is 4. The molecule has 1 saturated carbocycles. The van der Waals surface area contributed by atoms with Crippen LogP contribution in [0.2, 0.25) is 5.02 Å². The lowest BCUT2D eigenvalue weighted by molar-refractivity contribution is 0.0427. The molecule has 3 atom stereocenters. The van der Waals surface area contributed by atoms with Crippen molar-refractivity contribution in [1.29, 1.82) is 0 Å². The summed E-state index contributed by atoms with van der Waals surface area (Å²) in [6.07, 6.45) is 4.74. The first-order valence-corrected chi connectivity index (χ1v) is 7.81. The number of carbonyl (C=O) groups is 1. The maximum atomic E-state index is 10.9. The van der Waals surface area contributed by atoms with Crippen LogP contribution in [0, 0.1) is 17.8 Å². The number of nitrogens with zero attached hydrogens (tertiary/aromatic N) is 1. The molecule has 0 amide bonds. The number of hydrogen-bond donors (Lipinski definition) is 1. The molecule has 0 aromatic carbocycles. The SMILES string of the molecule is CC1CCC(C(C)C)C(Oc2ncc(C(=O)O)cc2Cl)C1. The summed E-state index contributed by atoms with van der Waals surface area (Å²) in [6, 6.07) is 1.39. The number of ether oxygens (including phenoxy) is 1. The lowest BCUT2D eigenvalue weighted by Crippen LogP contribution is -2.36. The van der Waals surface area contributed by atoms with E-state index < -0.39 is 5.97 Å². The van der Waals surface area contributed by atoms with Crippen LogP contribution in [-0.2, 0) is 0 Å². The summed E-state index contributed by atoms with van der Waals surface area (Å²) in [6.45, 7) is 6.65. The number of halogens is 1. The van der Waals surface area contributed by atoms with Gasteiger partial charge in [-0.05, 0) is 36.7 Å². The van der Waals surface area contributed by atoms with E-state index in [4.69, 9.17) is 21.4 Å². The van der Waals surface area contributed by atoms with Crippen LogP contribution >= 0.6 is 11.6 Å². The van der Waals surface area contributed by atoms with Gasteiger partial charge < -0.3 is 9.84 Å². The van der Waals surface area contributed by atoms with Crippen molar-refractivity contribution in [3.63, 3.8) is 0 Å². The smallest absolute Gasteiger partial charge is 0.337 e. The van der Waals surface area contributed by atoms with E-state index in [1.54, 1.807) is 0 Å². The van der Waals surface area contributed by atoms with Crippen molar-refractivity contribution < 1.29 is 14.6 Å². The summed E-state index contributed by atoms with van der Waals surface area (Å²) in [5.74, 6) is 0.952. The van der Waals surface area contributed by atoms with Crippen LogP contribution in [0.15, 0.2) is 12.3 Å². The highest BCUT2D eigenvalue weighted by atomic mass is 35.5. The van der Waals surface area contributed by atoms with Gasteiger partial charge in [0.2, 0.25) is 5.88 Å². The van der Waals surface area contributed by atoms with E-state index in [0.717, 1.165) is 12.8 Å². The predicted molar refractivity (Wildman–Crippen MR) is 82.0 cm³/mol. The first-order chi connectivity index (χ1) is 9.88. The first kappa shape index (κ1) is 16.1. The average Bonchev–Trinajstić information content (AvgIpc) is 2.40. The van der Waals surface area contributed by atoms with Gasteiger partial charge in [-0.15, -0.1) is 0 Å². The number of aromatic carboxylic acids is 1. The molecule has 0 aliphatic heterocycles. The van der Waals surface area contributed by atoms with Gasteiger partial charge in [-0.25, -0.2) is 9.78 Å². The Morgan fingerprint density at radius 3 is 2.76 bits per heavy atom. The Balaban J connectivity index is 2.16. The molecule has 1 fully saturated rings. The quantitative estimate of drug-likeness (QED) is 0.902.